The lowest BCUT2D eigenvalue weighted by Crippen LogP contribution is -2.40. The average molecular weight is 376 g/mol. The van der Waals surface area contributed by atoms with Crippen molar-refractivity contribution in [3.8, 4) is 0 Å². The van der Waals surface area contributed by atoms with Crippen LogP contribution < -0.4 is 5.32 Å². The molecule has 0 atom stereocenters. The largest absolute Gasteiger partial charge is 0.324 e. The van der Waals surface area contributed by atoms with Crippen LogP contribution in [0.1, 0.15) is 43.4 Å². The van der Waals surface area contributed by atoms with Crippen molar-refractivity contribution in [3.05, 3.63) is 71.7 Å². The molecule has 144 valence electrons. The second kappa shape index (κ2) is 7.70. The Morgan fingerprint density at radius 2 is 1.79 bits per heavy atom. The zero-order chi connectivity index (χ0) is 19.6. The van der Waals surface area contributed by atoms with Gasteiger partial charge in [0, 0.05) is 5.39 Å². The number of carbonyl (C=O) groups excluding carboxylic acids is 1. The lowest BCUT2D eigenvalue weighted by atomic mass is 9.69. The van der Waals surface area contributed by atoms with Crippen LogP contribution in [0.5, 0.6) is 0 Å². The fourth-order valence-electron chi connectivity index (χ4n) is 4.31. The molecule has 1 amide bonds. The summed E-state index contributed by atoms with van der Waals surface area (Å²) in [4.78, 5) is 18.1. The molecule has 4 rings (SSSR count). The first-order valence-electron chi connectivity index (χ1n) is 9.99. The molecule has 1 fully saturated rings. The van der Waals surface area contributed by atoms with E-state index in [-0.39, 0.29) is 11.7 Å². The van der Waals surface area contributed by atoms with E-state index in [1.54, 1.807) is 12.1 Å². The van der Waals surface area contributed by atoms with Gasteiger partial charge in [0.2, 0.25) is 5.91 Å². The number of pyridine rings is 1. The van der Waals surface area contributed by atoms with Crippen molar-refractivity contribution in [1.29, 1.82) is 0 Å². The van der Waals surface area contributed by atoms with Crippen LogP contribution in [0.3, 0.4) is 0 Å². The maximum atomic E-state index is 14.3. The second-order valence-electron chi connectivity index (χ2n) is 7.88. The standard InChI is InChI=1S/C24H25FN2O/c1-17-22(15-18-9-4-6-12-21(18)26-17)27-23(28)24(13-7-2-8-14-24)16-19-10-3-5-11-20(19)25/h3-6,9-12,15H,2,7-8,13-14,16H2,1H3,(H,27,28). The third-order valence-corrected chi connectivity index (χ3v) is 5.94. The number of amides is 1. The molecule has 0 bridgehead atoms. The Balaban J connectivity index is 1.65. The van der Waals surface area contributed by atoms with Crippen LogP contribution in [0.4, 0.5) is 10.1 Å². The molecule has 1 heterocycles. The number of nitrogens with zero attached hydrogens (tertiary/aromatic N) is 1. The van der Waals surface area contributed by atoms with Gasteiger partial charge < -0.3 is 5.32 Å². The van der Waals surface area contributed by atoms with Gasteiger partial charge >= 0.3 is 0 Å². The van der Waals surface area contributed by atoms with E-state index in [1.807, 2.05) is 43.3 Å². The van der Waals surface area contributed by atoms with Gasteiger partial charge in [-0.15, -0.1) is 0 Å². The fraction of sp³-hybridized carbons (Fsp3) is 0.333. The number of benzene rings is 2. The molecule has 4 heteroatoms. The van der Waals surface area contributed by atoms with Gasteiger partial charge in [-0.2, -0.15) is 0 Å². The Morgan fingerprint density at radius 1 is 1.07 bits per heavy atom. The highest BCUT2D eigenvalue weighted by atomic mass is 19.1. The van der Waals surface area contributed by atoms with E-state index in [9.17, 15) is 9.18 Å². The van der Waals surface area contributed by atoms with Gasteiger partial charge in [0.05, 0.1) is 22.3 Å². The van der Waals surface area contributed by atoms with Gasteiger partial charge in [0.25, 0.3) is 0 Å². The number of aromatic nitrogens is 1. The lowest BCUT2D eigenvalue weighted by Gasteiger charge is -2.36. The first-order valence-corrected chi connectivity index (χ1v) is 9.99. The van der Waals surface area contributed by atoms with Gasteiger partial charge in [0.1, 0.15) is 5.82 Å². The number of nitrogens with one attached hydrogen (secondary N) is 1. The Morgan fingerprint density at radius 3 is 2.57 bits per heavy atom. The van der Waals surface area contributed by atoms with Crippen LogP contribution in [-0.2, 0) is 11.2 Å². The molecule has 28 heavy (non-hydrogen) atoms. The van der Waals surface area contributed by atoms with Crippen molar-refractivity contribution in [2.45, 2.75) is 45.4 Å². The number of para-hydroxylation sites is 1. The molecule has 1 N–H and O–H groups in total. The van der Waals surface area contributed by atoms with E-state index in [0.29, 0.717) is 12.0 Å². The highest BCUT2D eigenvalue weighted by Crippen LogP contribution is 2.41. The van der Waals surface area contributed by atoms with E-state index < -0.39 is 5.41 Å². The van der Waals surface area contributed by atoms with Crippen molar-refractivity contribution in [2.75, 3.05) is 5.32 Å². The first kappa shape index (κ1) is 18.6. The first-order chi connectivity index (χ1) is 13.6. The zero-order valence-electron chi connectivity index (χ0n) is 16.2. The van der Waals surface area contributed by atoms with Crippen molar-refractivity contribution >= 4 is 22.5 Å². The summed E-state index contributed by atoms with van der Waals surface area (Å²) >= 11 is 0. The number of hydrogen-bond acceptors (Lipinski definition) is 2. The Kier molecular flexibility index (Phi) is 5.12. The summed E-state index contributed by atoms with van der Waals surface area (Å²) in [5, 5.41) is 4.12. The van der Waals surface area contributed by atoms with E-state index in [4.69, 9.17) is 0 Å². The summed E-state index contributed by atoms with van der Waals surface area (Å²) in [6, 6.07) is 16.7. The summed E-state index contributed by atoms with van der Waals surface area (Å²) in [6.45, 7) is 1.91. The van der Waals surface area contributed by atoms with E-state index >= 15 is 0 Å². The lowest BCUT2D eigenvalue weighted by molar-refractivity contribution is -0.127. The molecule has 0 unspecified atom stereocenters. The van der Waals surface area contributed by atoms with Gasteiger partial charge in [-0.3, -0.25) is 9.78 Å². The normalized spacial score (nSPS) is 16.1. The molecule has 1 saturated carbocycles. The second-order valence-corrected chi connectivity index (χ2v) is 7.88. The quantitative estimate of drug-likeness (QED) is 0.624. The number of halogens is 1. The molecule has 1 aliphatic rings. The maximum Gasteiger partial charge on any atom is 0.230 e. The topological polar surface area (TPSA) is 42.0 Å². The minimum Gasteiger partial charge on any atom is -0.324 e. The average Bonchev–Trinajstić information content (AvgIpc) is 2.71. The minimum absolute atomic E-state index is 0.0179. The molecule has 3 aromatic rings. The Bertz CT molecular complexity index is 1010. The number of fused-ring (bicyclic) bond motifs is 1. The number of carbonyl (C=O) groups is 1. The van der Waals surface area contributed by atoms with Gasteiger partial charge in [0.15, 0.2) is 0 Å². The molecular formula is C24H25FN2O. The summed E-state index contributed by atoms with van der Waals surface area (Å²) in [6.07, 6.45) is 5.13. The maximum absolute atomic E-state index is 14.3. The highest BCUT2D eigenvalue weighted by molar-refractivity contribution is 5.97. The van der Waals surface area contributed by atoms with Crippen molar-refractivity contribution in [1.82, 2.24) is 4.98 Å². The predicted molar refractivity (Wildman–Crippen MR) is 111 cm³/mol. The van der Waals surface area contributed by atoms with E-state index in [0.717, 1.165) is 54.4 Å². The number of aryl methyl sites for hydroxylation is 1. The highest BCUT2D eigenvalue weighted by Gasteiger charge is 2.40. The van der Waals surface area contributed by atoms with Crippen LogP contribution >= 0.6 is 0 Å². The van der Waals surface area contributed by atoms with Gasteiger partial charge in [-0.05, 0) is 49.9 Å². The summed E-state index contributed by atoms with van der Waals surface area (Å²) in [5.41, 5.74) is 2.49. The summed E-state index contributed by atoms with van der Waals surface area (Å²) in [7, 11) is 0. The molecule has 0 spiro atoms. The molecule has 1 aliphatic carbocycles. The molecule has 0 radical (unpaired) electrons. The molecule has 1 aromatic heterocycles. The molecule has 0 aliphatic heterocycles. The number of rotatable bonds is 4. The van der Waals surface area contributed by atoms with Crippen LogP contribution in [0.25, 0.3) is 10.9 Å². The third-order valence-electron chi connectivity index (χ3n) is 5.94. The van der Waals surface area contributed by atoms with E-state index in [2.05, 4.69) is 10.3 Å². The third kappa shape index (κ3) is 3.64. The minimum atomic E-state index is -0.571. The Hall–Kier alpha value is -2.75. The molecule has 3 nitrogen and oxygen atoms in total. The Labute approximate surface area is 165 Å². The monoisotopic (exact) mass is 376 g/mol. The number of hydrogen-bond donors (Lipinski definition) is 1. The molecule has 2 aromatic carbocycles. The SMILES string of the molecule is Cc1nc2ccccc2cc1NC(=O)C1(Cc2ccccc2F)CCCCC1. The van der Waals surface area contributed by atoms with Crippen LogP contribution in [0.2, 0.25) is 0 Å². The van der Waals surface area contributed by atoms with Crippen molar-refractivity contribution in [2.24, 2.45) is 5.41 Å². The molecule has 0 saturated heterocycles. The number of anilines is 1. The summed E-state index contributed by atoms with van der Waals surface area (Å²) < 4.78 is 14.3. The van der Waals surface area contributed by atoms with Crippen LogP contribution in [0, 0.1) is 18.2 Å². The van der Waals surface area contributed by atoms with E-state index in [1.165, 1.54) is 6.07 Å². The predicted octanol–water partition coefficient (Wildman–Crippen LogP) is 5.81. The molecular weight excluding hydrogens is 351 g/mol. The fourth-order valence-corrected chi connectivity index (χ4v) is 4.31. The van der Waals surface area contributed by atoms with Crippen LogP contribution in [0.15, 0.2) is 54.6 Å². The van der Waals surface area contributed by atoms with Crippen LogP contribution in [-0.4, -0.2) is 10.9 Å². The zero-order valence-corrected chi connectivity index (χ0v) is 16.2. The van der Waals surface area contributed by atoms with Crippen molar-refractivity contribution < 1.29 is 9.18 Å². The smallest absolute Gasteiger partial charge is 0.230 e. The van der Waals surface area contributed by atoms with Gasteiger partial charge in [-0.1, -0.05) is 55.7 Å². The van der Waals surface area contributed by atoms with Gasteiger partial charge in [-0.25, -0.2) is 4.39 Å². The van der Waals surface area contributed by atoms with Crippen molar-refractivity contribution in [3.63, 3.8) is 0 Å². The summed E-state index contributed by atoms with van der Waals surface area (Å²) in [5.74, 6) is -0.251.